The zero-order valence-electron chi connectivity index (χ0n) is 17.1. The first kappa shape index (κ1) is 19.1. The smallest absolute Gasteiger partial charge is 0.226 e. The maximum Gasteiger partial charge on any atom is 0.226 e. The highest BCUT2D eigenvalue weighted by atomic mass is 16.5. The molecule has 0 aliphatic heterocycles. The van der Waals surface area contributed by atoms with Gasteiger partial charge in [0.05, 0.1) is 13.0 Å². The van der Waals surface area contributed by atoms with Crippen LogP contribution in [0.5, 0.6) is 0 Å². The molecule has 3 aromatic heterocycles. The average Bonchev–Trinajstić information content (AvgIpc) is 3.43. The molecule has 5 aromatic rings. The molecule has 0 spiro atoms. The van der Waals surface area contributed by atoms with Crippen LogP contribution in [0.4, 0.5) is 5.69 Å². The number of ether oxygens (including phenoxy) is 1. The molecule has 0 bridgehead atoms. The van der Waals surface area contributed by atoms with Gasteiger partial charge in [-0.1, -0.05) is 18.2 Å². The second kappa shape index (κ2) is 8.08. The summed E-state index contributed by atoms with van der Waals surface area (Å²) in [4.78, 5) is 23.2. The number of aromatic nitrogens is 3. The number of nitrogens with zero attached hydrogens (tertiary/aromatic N) is 1. The number of pyridine rings is 1. The standard InChI is InChI=1S/C25H22N4O2/c1-31-10-8-24(30)29-20-4-2-3-16(12-20)19-13-21-22(15-28-25(21)27-14-19)17-5-6-23-18(11-17)7-9-26-23/h2-7,9,11-15,26H,8,10H2,1H3,(H,27,28)(H,29,30). The highest BCUT2D eigenvalue weighted by Gasteiger charge is 2.11. The molecule has 0 atom stereocenters. The zero-order valence-corrected chi connectivity index (χ0v) is 17.1. The summed E-state index contributed by atoms with van der Waals surface area (Å²) in [6.45, 7) is 0.400. The highest BCUT2D eigenvalue weighted by Crippen LogP contribution is 2.33. The normalized spacial score (nSPS) is 11.3. The Hall–Kier alpha value is -3.90. The number of carbonyl (C=O) groups is 1. The van der Waals surface area contributed by atoms with Gasteiger partial charge in [-0.2, -0.15) is 0 Å². The molecular formula is C25H22N4O2. The van der Waals surface area contributed by atoms with Crippen LogP contribution < -0.4 is 5.32 Å². The van der Waals surface area contributed by atoms with Crippen LogP contribution >= 0.6 is 0 Å². The highest BCUT2D eigenvalue weighted by molar-refractivity contribution is 5.98. The minimum Gasteiger partial charge on any atom is -0.384 e. The second-order valence-electron chi connectivity index (χ2n) is 7.47. The maximum atomic E-state index is 12.0. The molecule has 154 valence electrons. The van der Waals surface area contributed by atoms with Gasteiger partial charge in [-0.3, -0.25) is 4.79 Å². The largest absolute Gasteiger partial charge is 0.384 e. The number of rotatable bonds is 6. The topological polar surface area (TPSA) is 82.8 Å². The quantitative estimate of drug-likeness (QED) is 0.353. The predicted octanol–water partition coefficient (Wildman–Crippen LogP) is 5.35. The predicted molar refractivity (Wildman–Crippen MR) is 124 cm³/mol. The van der Waals surface area contributed by atoms with Gasteiger partial charge in [0, 0.05) is 53.4 Å². The molecule has 0 fully saturated rings. The van der Waals surface area contributed by atoms with Crippen molar-refractivity contribution < 1.29 is 9.53 Å². The van der Waals surface area contributed by atoms with Crippen LogP contribution in [0.2, 0.25) is 0 Å². The molecule has 0 aliphatic carbocycles. The van der Waals surface area contributed by atoms with Gasteiger partial charge >= 0.3 is 0 Å². The fourth-order valence-electron chi connectivity index (χ4n) is 3.82. The number of H-pyrrole nitrogens is 2. The van der Waals surface area contributed by atoms with Crippen LogP contribution in [0.1, 0.15) is 6.42 Å². The van der Waals surface area contributed by atoms with E-state index in [9.17, 15) is 4.79 Å². The number of fused-ring (bicyclic) bond motifs is 2. The lowest BCUT2D eigenvalue weighted by atomic mass is 10.0. The Bertz CT molecular complexity index is 1380. The van der Waals surface area contributed by atoms with Crippen LogP contribution in [0.3, 0.4) is 0 Å². The van der Waals surface area contributed by atoms with Crippen LogP contribution in [-0.2, 0) is 9.53 Å². The van der Waals surface area contributed by atoms with E-state index in [1.54, 1.807) is 7.11 Å². The molecule has 0 radical (unpaired) electrons. The average molecular weight is 410 g/mol. The van der Waals surface area contributed by atoms with Gasteiger partial charge in [0.1, 0.15) is 5.65 Å². The SMILES string of the molecule is COCCC(=O)Nc1cccc(-c2cnc3[nH]cc(-c4ccc5[nH]ccc5c4)c3c2)c1. The number of anilines is 1. The first-order chi connectivity index (χ1) is 15.2. The molecule has 3 N–H and O–H groups in total. The molecule has 6 nitrogen and oxygen atoms in total. The summed E-state index contributed by atoms with van der Waals surface area (Å²) in [7, 11) is 1.59. The van der Waals surface area contributed by atoms with Crippen molar-refractivity contribution in [2.75, 3.05) is 19.0 Å². The fraction of sp³-hybridized carbons (Fsp3) is 0.120. The number of carbonyl (C=O) groups excluding carboxylic acids is 1. The van der Waals surface area contributed by atoms with Gasteiger partial charge in [0.25, 0.3) is 0 Å². The third-order valence-electron chi connectivity index (χ3n) is 5.41. The third kappa shape index (κ3) is 3.81. The maximum absolute atomic E-state index is 12.0. The molecule has 2 aromatic carbocycles. The summed E-state index contributed by atoms with van der Waals surface area (Å²) in [6.07, 6.45) is 6.13. The molecule has 6 heteroatoms. The number of amides is 1. The Morgan fingerprint density at radius 2 is 1.97 bits per heavy atom. The Balaban J connectivity index is 1.49. The van der Waals surface area contributed by atoms with Gasteiger partial charge in [-0.15, -0.1) is 0 Å². The molecule has 0 saturated carbocycles. The van der Waals surface area contributed by atoms with Crippen molar-refractivity contribution in [3.05, 3.63) is 73.2 Å². The molecule has 3 heterocycles. The van der Waals surface area contributed by atoms with E-state index in [4.69, 9.17) is 4.74 Å². The lowest BCUT2D eigenvalue weighted by Crippen LogP contribution is -2.13. The van der Waals surface area contributed by atoms with E-state index < -0.39 is 0 Å². The summed E-state index contributed by atoms with van der Waals surface area (Å²) in [6, 6.07) is 18.4. The molecule has 5 rings (SSSR count). The van der Waals surface area contributed by atoms with E-state index in [0.29, 0.717) is 13.0 Å². The van der Waals surface area contributed by atoms with Crippen LogP contribution in [0.25, 0.3) is 44.2 Å². The van der Waals surface area contributed by atoms with Crippen molar-refractivity contribution in [1.82, 2.24) is 15.0 Å². The number of methoxy groups -OCH3 is 1. The monoisotopic (exact) mass is 410 g/mol. The van der Waals surface area contributed by atoms with E-state index in [1.807, 2.05) is 42.9 Å². The lowest BCUT2D eigenvalue weighted by molar-refractivity contribution is -0.117. The first-order valence-corrected chi connectivity index (χ1v) is 10.1. The van der Waals surface area contributed by atoms with Crippen molar-refractivity contribution in [3.63, 3.8) is 0 Å². The molecule has 1 amide bonds. The second-order valence-corrected chi connectivity index (χ2v) is 7.47. The van der Waals surface area contributed by atoms with Gasteiger partial charge in [0.2, 0.25) is 5.91 Å². The number of nitrogens with one attached hydrogen (secondary N) is 3. The summed E-state index contributed by atoms with van der Waals surface area (Å²) < 4.78 is 4.97. The van der Waals surface area contributed by atoms with Crippen LogP contribution in [0.15, 0.2) is 73.2 Å². The lowest BCUT2D eigenvalue weighted by Gasteiger charge is -2.08. The van der Waals surface area contributed by atoms with Crippen molar-refractivity contribution in [2.45, 2.75) is 6.42 Å². The molecule has 0 aliphatic rings. The van der Waals surface area contributed by atoms with Crippen LogP contribution in [-0.4, -0.2) is 34.6 Å². The minimum atomic E-state index is -0.0688. The number of hydrogen-bond acceptors (Lipinski definition) is 3. The molecule has 0 saturated heterocycles. The van der Waals surface area contributed by atoms with Crippen molar-refractivity contribution in [2.24, 2.45) is 0 Å². The Morgan fingerprint density at radius 3 is 2.87 bits per heavy atom. The summed E-state index contributed by atoms with van der Waals surface area (Å²) in [5.41, 5.74) is 6.94. The summed E-state index contributed by atoms with van der Waals surface area (Å²) in [5, 5.41) is 5.15. The van der Waals surface area contributed by atoms with Gasteiger partial charge in [0.15, 0.2) is 0 Å². The van der Waals surface area contributed by atoms with E-state index in [0.717, 1.165) is 44.5 Å². The number of aromatic amines is 2. The van der Waals surface area contributed by atoms with E-state index >= 15 is 0 Å². The van der Waals surface area contributed by atoms with Crippen molar-refractivity contribution >= 4 is 33.5 Å². The van der Waals surface area contributed by atoms with Crippen molar-refractivity contribution in [3.8, 4) is 22.3 Å². The Morgan fingerprint density at radius 1 is 1.03 bits per heavy atom. The molecule has 31 heavy (non-hydrogen) atoms. The number of hydrogen-bond donors (Lipinski definition) is 3. The van der Waals surface area contributed by atoms with E-state index in [1.165, 1.54) is 5.39 Å². The van der Waals surface area contributed by atoms with E-state index in [-0.39, 0.29) is 5.91 Å². The fourth-order valence-corrected chi connectivity index (χ4v) is 3.82. The third-order valence-corrected chi connectivity index (χ3v) is 5.41. The Labute approximate surface area is 179 Å². The zero-order chi connectivity index (χ0) is 21.2. The molecule has 0 unspecified atom stereocenters. The van der Waals surface area contributed by atoms with Crippen molar-refractivity contribution in [1.29, 1.82) is 0 Å². The minimum absolute atomic E-state index is 0.0688. The molecular weight excluding hydrogens is 388 g/mol. The Kier molecular flexibility index (Phi) is 4.98. The van der Waals surface area contributed by atoms with Gasteiger partial charge in [-0.05, 0) is 52.9 Å². The number of benzene rings is 2. The van der Waals surface area contributed by atoms with E-state index in [2.05, 4.69) is 50.6 Å². The summed E-state index contributed by atoms with van der Waals surface area (Å²) in [5.74, 6) is -0.0688. The van der Waals surface area contributed by atoms with Crippen LogP contribution in [0, 0.1) is 0 Å². The summed E-state index contributed by atoms with van der Waals surface area (Å²) >= 11 is 0. The first-order valence-electron chi connectivity index (χ1n) is 10.1. The van der Waals surface area contributed by atoms with Gasteiger partial charge < -0.3 is 20.0 Å². The van der Waals surface area contributed by atoms with Gasteiger partial charge in [-0.25, -0.2) is 4.98 Å².